The number of hydrogen-bond donors (Lipinski definition) is 0. The summed E-state index contributed by atoms with van der Waals surface area (Å²) in [5.41, 5.74) is 2.01. The molecule has 31 heavy (non-hydrogen) atoms. The van der Waals surface area contributed by atoms with Crippen molar-refractivity contribution < 1.29 is 12.8 Å². The molecular weight excluding hydrogens is 419 g/mol. The van der Waals surface area contributed by atoms with Crippen molar-refractivity contribution in [1.82, 2.24) is 19.7 Å². The Morgan fingerprint density at radius 3 is 2.52 bits per heavy atom. The van der Waals surface area contributed by atoms with E-state index in [0.29, 0.717) is 29.9 Å². The molecule has 0 bridgehead atoms. The maximum Gasteiger partial charge on any atom is 0.212 e. The van der Waals surface area contributed by atoms with Crippen molar-refractivity contribution >= 4 is 21.2 Å². The van der Waals surface area contributed by atoms with E-state index in [-0.39, 0.29) is 16.5 Å². The van der Waals surface area contributed by atoms with E-state index in [9.17, 15) is 12.8 Å². The van der Waals surface area contributed by atoms with Crippen molar-refractivity contribution in [2.75, 3.05) is 24.2 Å². The Morgan fingerprint density at radius 1 is 1.23 bits per heavy atom. The van der Waals surface area contributed by atoms with Crippen molar-refractivity contribution in [3.05, 3.63) is 60.0 Å². The fourth-order valence-corrected chi connectivity index (χ4v) is 4.66. The number of rotatable bonds is 4. The molecule has 1 aliphatic rings. The van der Waals surface area contributed by atoms with Gasteiger partial charge in [0.05, 0.1) is 17.2 Å². The highest BCUT2D eigenvalue weighted by atomic mass is 32.2. The number of sulfone groups is 1. The molecule has 160 valence electrons. The smallest absolute Gasteiger partial charge is 0.212 e. The van der Waals surface area contributed by atoms with Gasteiger partial charge in [-0.3, -0.25) is 0 Å². The van der Waals surface area contributed by atoms with E-state index in [1.54, 1.807) is 18.5 Å². The van der Waals surface area contributed by atoms with Gasteiger partial charge in [-0.25, -0.2) is 18.2 Å². The lowest BCUT2D eigenvalue weighted by Gasteiger charge is -2.35. The summed E-state index contributed by atoms with van der Waals surface area (Å²) in [6, 6.07) is 5.73. The van der Waals surface area contributed by atoms with Gasteiger partial charge in [-0.15, -0.1) is 10.2 Å². The first kappa shape index (κ1) is 20.9. The summed E-state index contributed by atoms with van der Waals surface area (Å²) >= 11 is 0. The lowest BCUT2D eigenvalue weighted by molar-refractivity contribution is 0.474. The number of benzene rings is 1. The van der Waals surface area contributed by atoms with E-state index in [0.717, 1.165) is 24.9 Å². The van der Waals surface area contributed by atoms with Gasteiger partial charge >= 0.3 is 0 Å². The van der Waals surface area contributed by atoms with Crippen LogP contribution in [0.1, 0.15) is 24.6 Å². The van der Waals surface area contributed by atoms with E-state index >= 15 is 0 Å². The van der Waals surface area contributed by atoms with Crippen LogP contribution in [-0.4, -0.2) is 47.5 Å². The fraction of sp³-hybridized carbons (Fsp3) is 0.333. The summed E-state index contributed by atoms with van der Waals surface area (Å²) in [6.07, 6.45) is 5.79. The van der Waals surface area contributed by atoms with Crippen molar-refractivity contribution in [2.45, 2.75) is 23.7 Å². The van der Waals surface area contributed by atoms with Crippen LogP contribution in [0.25, 0.3) is 16.0 Å². The summed E-state index contributed by atoms with van der Waals surface area (Å²) in [5.74, 6) is 0.561. The molecule has 0 saturated carbocycles. The van der Waals surface area contributed by atoms with Crippen molar-refractivity contribution in [3.8, 4) is 11.1 Å². The number of aromatic nitrogens is 4. The quantitative estimate of drug-likeness (QED) is 0.457. The maximum atomic E-state index is 13.4. The molecule has 1 aromatic carbocycles. The molecule has 2 aromatic heterocycles. The molecule has 0 spiro atoms. The zero-order valence-corrected chi connectivity index (χ0v) is 18.0. The topological polar surface area (TPSA) is 85.3 Å². The van der Waals surface area contributed by atoms with Crippen LogP contribution in [0, 0.1) is 12.5 Å². The highest BCUT2D eigenvalue weighted by Crippen LogP contribution is 2.43. The third-order valence-corrected chi connectivity index (χ3v) is 6.67. The van der Waals surface area contributed by atoms with E-state index < -0.39 is 15.8 Å². The van der Waals surface area contributed by atoms with Crippen LogP contribution in [0.4, 0.5) is 15.8 Å². The number of nitrogens with zero attached hydrogens (tertiary/aromatic N) is 6. The van der Waals surface area contributed by atoms with Crippen molar-refractivity contribution in [3.63, 3.8) is 0 Å². The minimum Gasteiger partial charge on any atom is -0.380 e. The van der Waals surface area contributed by atoms with E-state index in [4.69, 9.17) is 6.57 Å². The average Bonchev–Trinajstić information content (AvgIpc) is 3.18. The van der Waals surface area contributed by atoms with Crippen LogP contribution < -0.4 is 4.90 Å². The van der Waals surface area contributed by atoms with Gasteiger partial charge in [-0.1, -0.05) is 0 Å². The summed E-state index contributed by atoms with van der Waals surface area (Å²) < 4.78 is 39.8. The van der Waals surface area contributed by atoms with E-state index in [1.165, 1.54) is 18.3 Å². The third-order valence-electron chi connectivity index (χ3n) is 5.57. The maximum absolute atomic E-state index is 13.4. The zero-order chi connectivity index (χ0) is 22.2. The largest absolute Gasteiger partial charge is 0.380 e. The van der Waals surface area contributed by atoms with Gasteiger partial charge in [-0.05, 0) is 42.7 Å². The Labute approximate surface area is 180 Å². The van der Waals surface area contributed by atoms with Crippen molar-refractivity contribution in [2.24, 2.45) is 7.05 Å². The first-order chi connectivity index (χ1) is 14.8. The molecule has 0 N–H and O–H groups in total. The average molecular weight is 441 g/mol. The summed E-state index contributed by atoms with van der Waals surface area (Å²) in [6.45, 7) is 9.02. The van der Waals surface area contributed by atoms with Gasteiger partial charge in [0, 0.05) is 44.1 Å². The molecule has 1 saturated heterocycles. The lowest BCUT2D eigenvalue weighted by atomic mass is 9.94. The minimum atomic E-state index is -3.54. The standard InChI is InChI=1S/C21H21FN6O2S/c1-23-18-11-16(31(3,29)30)10-17(15-4-5-19(22)24-12-15)20(18)28-8-6-14(7-9-28)21-26-25-13-27(21)2/h4-5,10-14H,6-9H2,2-3H3. The summed E-state index contributed by atoms with van der Waals surface area (Å²) in [7, 11) is -1.62. The van der Waals surface area contributed by atoms with Gasteiger partial charge in [0.15, 0.2) is 9.84 Å². The predicted octanol–water partition coefficient (Wildman–Crippen LogP) is 3.35. The number of pyridine rings is 1. The van der Waals surface area contributed by atoms with Crippen molar-refractivity contribution in [1.29, 1.82) is 0 Å². The molecule has 0 aliphatic carbocycles. The monoisotopic (exact) mass is 440 g/mol. The second-order valence-corrected chi connectivity index (χ2v) is 9.67. The molecule has 8 nitrogen and oxygen atoms in total. The molecule has 1 fully saturated rings. The second-order valence-electron chi connectivity index (χ2n) is 7.65. The second kappa shape index (κ2) is 8.07. The predicted molar refractivity (Wildman–Crippen MR) is 114 cm³/mol. The Balaban J connectivity index is 1.77. The number of halogens is 1. The van der Waals surface area contributed by atoms with Gasteiger partial charge < -0.3 is 9.47 Å². The SMILES string of the molecule is [C-]#[N+]c1cc(S(C)(=O)=O)cc(-c2ccc(F)nc2)c1N1CCC(c2nncn2C)CC1. The molecule has 3 aromatic rings. The van der Waals surface area contributed by atoms with E-state index in [1.807, 2.05) is 11.6 Å². The molecule has 3 heterocycles. The molecule has 0 radical (unpaired) electrons. The number of aryl methyl sites for hydroxylation is 1. The molecule has 0 atom stereocenters. The van der Waals surface area contributed by atoms with Crippen LogP contribution >= 0.6 is 0 Å². The van der Waals surface area contributed by atoms with Crippen LogP contribution in [0.3, 0.4) is 0 Å². The normalized spacial score (nSPS) is 15.1. The molecule has 4 rings (SSSR count). The Hall–Kier alpha value is -3.32. The van der Waals surface area contributed by atoms with E-state index in [2.05, 4.69) is 24.9 Å². The number of anilines is 1. The highest BCUT2D eigenvalue weighted by Gasteiger charge is 2.28. The number of hydrogen-bond acceptors (Lipinski definition) is 6. The van der Waals surface area contributed by atoms with Gasteiger partial charge in [0.25, 0.3) is 0 Å². The molecule has 0 amide bonds. The van der Waals surface area contributed by atoms with Crippen LogP contribution in [0.5, 0.6) is 0 Å². The third kappa shape index (κ3) is 4.14. The molecule has 0 unspecified atom stereocenters. The zero-order valence-electron chi connectivity index (χ0n) is 17.2. The van der Waals surface area contributed by atoms with Gasteiger partial charge in [0.2, 0.25) is 11.6 Å². The van der Waals surface area contributed by atoms with Crippen LogP contribution in [0.15, 0.2) is 41.7 Å². The van der Waals surface area contributed by atoms with Crippen LogP contribution in [0.2, 0.25) is 0 Å². The number of piperidine rings is 1. The highest BCUT2D eigenvalue weighted by molar-refractivity contribution is 7.90. The van der Waals surface area contributed by atoms with Crippen LogP contribution in [-0.2, 0) is 16.9 Å². The first-order valence-electron chi connectivity index (χ1n) is 9.74. The molecule has 1 aliphatic heterocycles. The minimum absolute atomic E-state index is 0.0514. The Morgan fingerprint density at radius 2 is 1.97 bits per heavy atom. The lowest BCUT2D eigenvalue weighted by Crippen LogP contribution is -2.34. The molecule has 10 heteroatoms. The fourth-order valence-electron chi connectivity index (χ4n) is 4.00. The van der Waals surface area contributed by atoms with Gasteiger partial charge in [-0.2, -0.15) is 4.39 Å². The van der Waals surface area contributed by atoms with Gasteiger partial charge in [0.1, 0.15) is 12.2 Å². The first-order valence-corrected chi connectivity index (χ1v) is 11.6. The Kier molecular flexibility index (Phi) is 5.45. The Bertz CT molecular complexity index is 1260. The summed E-state index contributed by atoms with van der Waals surface area (Å²) in [5, 5.41) is 8.18. The summed E-state index contributed by atoms with van der Waals surface area (Å²) in [4.78, 5) is 9.48. The molecular formula is C21H21FN6O2S.